The third-order valence-corrected chi connectivity index (χ3v) is 4.90. The molecule has 24 heavy (non-hydrogen) atoms. The van der Waals surface area contributed by atoms with E-state index >= 15 is 0 Å². The van der Waals surface area contributed by atoms with Gasteiger partial charge in [-0.2, -0.15) is 0 Å². The molecule has 3 rings (SSSR count). The van der Waals surface area contributed by atoms with Gasteiger partial charge < -0.3 is 15.5 Å². The highest BCUT2D eigenvalue weighted by Crippen LogP contribution is 2.18. The van der Waals surface area contributed by atoms with Crippen molar-refractivity contribution in [1.82, 2.24) is 20.4 Å². The number of hydrogen-bond acceptors (Lipinski definition) is 3. The topological polar surface area (TPSA) is 47.6 Å². The van der Waals surface area contributed by atoms with E-state index in [9.17, 15) is 4.79 Å². The number of nitrogens with one attached hydrogen (secondary N) is 2. The molecule has 0 aromatic heterocycles. The van der Waals surface area contributed by atoms with Gasteiger partial charge >= 0.3 is 0 Å². The summed E-state index contributed by atoms with van der Waals surface area (Å²) in [7, 11) is 0. The van der Waals surface area contributed by atoms with E-state index in [0.717, 1.165) is 57.1 Å². The lowest BCUT2D eigenvalue weighted by Gasteiger charge is -2.35. The van der Waals surface area contributed by atoms with Crippen LogP contribution in [0.4, 0.5) is 0 Å². The highest BCUT2D eigenvalue weighted by Gasteiger charge is 2.25. The van der Waals surface area contributed by atoms with Crippen LogP contribution in [0.15, 0.2) is 30.3 Å². The van der Waals surface area contributed by atoms with Crippen molar-refractivity contribution in [1.29, 1.82) is 0 Å². The van der Waals surface area contributed by atoms with E-state index in [1.54, 1.807) is 0 Å². The summed E-state index contributed by atoms with van der Waals surface area (Å²) in [5, 5.41) is 7.22. The first-order valence-corrected chi connectivity index (χ1v) is 9.20. The van der Waals surface area contributed by atoms with Crippen LogP contribution in [0.25, 0.3) is 0 Å². The van der Waals surface area contributed by atoms with Gasteiger partial charge in [0.15, 0.2) is 5.11 Å². The number of carbonyl (C=O) groups excluding carboxylic acids is 1. The molecular formula is C18H26N4OS. The fraction of sp³-hybridized carbons (Fsp3) is 0.556. The zero-order valence-corrected chi connectivity index (χ0v) is 14.9. The van der Waals surface area contributed by atoms with E-state index in [4.69, 9.17) is 12.2 Å². The van der Waals surface area contributed by atoms with E-state index in [1.165, 1.54) is 5.56 Å². The van der Waals surface area contributed by atoms with Gasteiger partial charge in [0, 0.05) is 38.8 Å². The minimum Gasteiger partial charge on any atom is -0.362 e. The largest absolute Gasteiger partial charge is 0.362 e. The lowest BCUT2D eigenvalue weighted by atomic mass is 10.1. The molecule has 0 radical (unpaired) electrons. The fourth-order valence-electron chi connectivity index (χ4n) is 2.88. The standard InChI is InChI=1S/C18H26N4OS/c23-17(20-16-6-7-16)14-21-10-12-22(13-11-21)18(24)19-9-8-15-4-2-1-3-5-15/h1-5,16H,6-14H2,(H,19,24)(H,20,23). The lowest BCUT2D eigenvalue weighted by Crippen LogP contribution is -2.53. The Morgan fingerprint density at radius 3 is 2.50 bits per heavy atom. The maximum atomic E-state index is 11.8. The van der Waals surface area contributed by atoms with Crippen LogP contribution < -0.4 is 10.6 Å². The Labute approximate surface area is 149 Å². The molecular weight excluding hydrogens is 320 g/mol. The van der Waals surface area contributed by atoms with E-state index in [1.807, 2.05) is 6.07 Å². The molecule has 1 aliphatic carbocycles. The number of amides is 1. The Kier molecular flexibility index (Phi) is 6.04. The predicted octanol–water partition coefficient (Wildman–Crippen LogP) is 1.000. The number of nitrogens with zero attached hydrogens (tertiary/aromatic N) is 2. The molecule has 2 N–H and O–H groups in total. The van der Waals surface area contributed by atoms with Crippen LogP contribution in [-0.2, 0) is 11.2 Å². The van der Waals surface area contributed by atoms with Crippen LogP contribution in [0, 0.1) is 0 Å². The zero-order chi connectivity index (χ0) is 16.8. The van der Waals surface area contributed by atoms with Crippen LogP contribution in [0.1, 0.15) is 18.4 Å². The van der Waals surface area contributed by atoms with Crippen LogP contribution in [-0.4, -0.2) is 66.1 Å². The van der Waals surface area contributed by atoms with Crippen LogP contribution in [0.5, 0.6) is 0 Å². The first-order valence-electron chi connectivity index (χ1n) is 8.79. The average molecular weight is 347 g/mol. The van der Waals surface area contributed by atoms with Gasteiger partial charge in [0.05, 0.1) is 6.54 Å². The summed E-state index contributed by atoms with van der Waals surface area (Å²) < 4.78 is 0. The molecule has 0 spiro atoms. The summed E-state index contributed by atoms with van der Waals surface area (Å²) >= 11 is 5.50. The molecule has 0 bridgehead atoms. The fourth-order valence-corrected chi connectivity index (χ4v) is 3.17. The maximum Gasteiger partial charge on any atom is 0.234 e. The summed E-state index contributed by atoms with van der Waals surface area (Å²) in [6.07, 6.45) is 3.26. The predicted molar refractivity (Wildman–Crippen MR) is 99.9 cm³/mol. The smallest absolute Gasteiger partial charge is 0.234 e. The van der Waals surface area contributed by atoms with Gasteiger partial charge in [-0.1, -0.05) is 30.3 Å². The van der Waals surface area contributed by atoms with Crippen molar-refractivity contribution in [3.05, 3.63) is 35.9 Å². The van der Waals surface area contributed by atoms with Gasteiger partial charge in [-0.3, -0.25) is 9.69 Å². The van der Waals surface area contributed by atoms with Gasteiger partial charge in [-0.15, -0.1) is 0 Å². The first-order chi connectivity index (χ1) is 11.7. The van der Waals surface area contributed by atoms with Crippen molar-refractivity contribution in [2.45, 2.75) is 25.3 Å². The molecule has 1 aliphatic heterocycles. The molecule has 1 saturated carbocycles. The summed E-state index contributed by atoms with van der Waals surface area (Å²) in [5.41, 5.74) is 1.32. The number of piperazine rings is 1. The highest BCUT2D eigenvalue weighted by molar-refractivity contribution is 7.80. The normalized spacial score (nSPS) is 18.2. The Morgan fingerprint density at radius 2 is 1.83 bits per heavy atom. The van der Waals surface area contributed by atoms with Crippen molar-refractivity contribution < 1.29 is 4.79 Å². The maximum absolute atomic E-state index is 11.8. The second-order valence-electron chi connectivity index (χ2n) is 6.57. The van der Waals surface area contributed by atoms with Gasteiger partial charge in [-0.25, -0.2) is 0 Å². The van der Waals surface area contributed by atoms with Crippen molar-refractivity contribution in [3.8, 4) is 0 Å². The average Bonchev–Trinajstić information content (AvgIpc) is 3.40. The van der Waals surface area contributed by atoms with Crippen molar-refractivity contribution >= 4 is 23.2 Å². The summed E-state index contributed by atoms with van der Waals surface area (Å²) in [6.45, 7) is 4.91. The van der Waals surface area contributed by atoms with Gasteiger partial charge in [-0.05, 0) is 37.0 Å². The summed E-state index contributed by atoms with van der Waals surface area (Å²) in [5.74, 6) is 0.162. The highest BCUT2D eigenvalue weighted by atomic mass is 32.1. The van der Waals surface area contributed by atoms with E-state index in [2.05, 4.69) is 44.7 Å². The quantitative estimate of drug-likeness (QED) is 0.753. The molecule has 0 unspecified atom stereocenters. The Morgan fingerprint density at radius 1 is 1.12 bits per heavy atom. The lowest BCUT2D eigenvalue weighted by molar-refractivity contribution is -0.122. The van der Waals surface area contributed by atoms with Gasteiger partial charge in [0.1, 0.15) is 0 Å². The van der Waals surface area contributed by atoms with Gasteiger partial charge in [0.25, 0.3) is 0 Å². The van der Waals surface area contributed by atoms with E-state index < -0.39 is 0 Å². The molecule has 2 aliphatic rings. The molecule has 1 saturated heterocycles. The molecule has 0 atom stereocenters. The minimum atomic E-state index is 0.162. The molecule has 130 valence electrons. The second-order valence-corrected chi connectivity index (χ2v) is 6.96. The minimum absolute atomic E-state index is 0.162. The third kappa shape index (κ3) is 5.46. The Balaban J connectivity index is 1.31. The molecule has 5 nitrogen and oxygen atoms in total. The molecule has 1 amide bonds. The number of hydrogen-bond donors (Lipinski definition) is 2. The van der Waals surface area contributed by atoms with E-state index in [0.29, 0.717) is 12.6 Å². The molecule has 2 fully saturated rings. The molecule has 1 heterocycles. The number of thiocarbonyl (C=S) groups is 1. The third-order valence-electron chi connectivity index (χ3n) is 4.50. The molecule has 6 heteroatoms. The first kappa shape index (κ1) is 17.2. The zero-order valence-electron chi connectivity index (χ0n) is 14.0. The molecule has 1 aromatic carbocycles. The number of benzene rings is 1. The second kappa shape index (κ2) is 8.44. The van der Waals surface area contributed by atoms with Crippen LogP contribution >= 0.6 is 12.2 Å². The number of carbonyl (C=O) groups is 1. The summed E-state index contributed by atoms with van der Waals surface area (Å²) in [4.78, 5) is 16.3. The van der Waals surface area contributed by atoms with Crippen molar-refractivity contribution in [2.24, 2.45) is 0 Å². The number of rotatable bonds is 6. The van der Waals surface area contributed by atoms with Gasteiger partial charge in [0.2, 0.25) is 5.91 Å². The van der Waals surface area contributed by atoms with Crippen LogP contribution in [0.3, 0.4) is 0 Å². The Hall–Kier alpha value is -1.66. The monoisotopic (exact) mass is 346 g/mol. The van der Waals surface area contributed by atoms with Crippen molar-refractivity contribution in [2.75, 3.05) is 39.3 Å². The molecule has 1 aromatic rings. The Bertz CT molecular complexity index is 553. The van der Waals surface area contributed by atoms with Crippen molar-refractivity contribution in [3.63, 3.8) is 0 Å². The van der Waals surface area contributed by atoms with Crippen LogP contribution in [0.2, 0.25) is 0 Å². The SMILES string of the molecule is O=C(CN1CCN(C(=S)NCCc2ccccc2)CC1)NC1CC1. The summed E-state index contributed by atoms with van der Waals surface area (Å²) in [6, 6.07) is 10.9. The van der Waals surface area contributed by atoms with E-state index in [-0.39, 0.29) is 5.91 Å².